The maximum Gasteiger partial charge on any atom is 0.261 e. The average Bonchev–Trinajstić information content (AvgIpc) is 3.45. The summed E-state index contributed by atoms with van der Waals surface area (Å²) in [5.74, 6) is 0.195. The molecule has 178 valence electrons. The highest BCUT2D eigenvalue weighted by molar-refractivity contribution is 6.21. The molecule has 0 bridgehead atoms. The molecule has 3 amide bonds. The van der Waals surface area contributed by atoms with E-state index in [1.165, 1.54) is 4.90 Å². The number of aryl methyl sites for hydroxylation is 2. The first kappa shape index (κ1) is 22.8. The van der Waals surface area contributed by atoms with Gasteiger partial charge in [0.2, 0.25) is 0 Å². The van der Waals surface area contributed by atoms with Gasteiger partial charge >= 0.3 is 0 Å². The summed E-state index contributed by atoms with van der Waals surface area (Å²) in [6.45, 7) is 4.92. The van der Waals surface area contributed by atoms with Crippen molar-refractivity contribution in [3.63, 3.8) is 0 Å². The fourth-order valence-corrected chi connectivity index (χ4v) is 4.32. The van der Waals surface area contributed by atoms with Crippen LogP contribution in [0.15, 0.2) is 60.7 Å². The summed E-state index contributed by atoms with van der Waals surface area (Å²) in [4.78, 5) is 39.4. The molecule has 1 N–H and O–H groups in total. The maximum absolute atomic E-state index is 12.9. The monoisotopic (exact) mass is 470 g/mol. The minimum Gasteiger partial charge on any atom is -0.457 e. The van der Waals surface area contributed by atoms with E-state index in [0.29, 0.717) is 40.5 Å². The van der Waals surface area contributed by atoms with Crippen molar-refractivity contribution >= 4 is 23.4 Å². The van der Waals surface area contributed by atoms with E-state index in [-0.39, 0.29) is 30.4 Å². The van der Waals surface area contributed by atoms with Gasteiger partial charge in [-0.15, -0.1) is 0 Å². The smallest absolute Gasteiger partial charge is 0.261 e. The van der Waals surface area contributed by atoms with Gasteiger partial charge in [-0.2, -0.15) is 0 Å². The molecule has 1 fully saturated rings. The average molecular weight is 471 g/mol. The molecule has 3 aromatic carbocycles. The molecule has 3 aromatic rings. The van der Waals surface area contributed by atoms with Gasteiger partial charge in [-0.1, -0.05) is 6.07 Å². The van der Waals surface area contributed by atoms with Crippen LogP contribution in [0.2, 0.25) is 0 Å². The summed E-state index contributed by atoms with van der Waals surface area (Å²) < 4.78 is 11.5. The third-order valence-corrected chi connectivity index (χ3v) is 6.47. The highest BCUT2D eigenvalue weighted by atomic mass is 16.5. The van der Waals surface area contributed by atoms with Crippen molar-refractivity contribution in [1.29, 1.82) is 0 Å². The van der Waals surface area contributed by atoms with Gasteiger partial charge < -0.3 is 14.8 Å². The SMILES string of the molecule is Cc1ccc(C(=O)Nc2ccc(Oc3ccc4c(c3)C(=O)N(CC3CCCO3)C4=O)cc2)cc1C. The van der Waals surface area contributed by atoms with Crippen molar-refractivity contribution in [2.24, 2.45) is 0 Å². The Bertz CT molecular complexity index is 1310. The van der Waals surface area contributed by atoms with Gasteiger partial charge in [-0.05, 0) is 92.4 Å². The molecule has 7 heteroatoms. The number of rotatable bonds is 6. The summed E-state index contributed by atoms with van der Waals surface area (Å²) in [6, 6.07) is 17.5. The van der Waals surface area contributed by atoms with E-state index >= 15 is 0 Å². The van der Waals surface area contributed by atoms with Crippen LogP contribution < -0.4 is 10.1 Å². The maximum atomic E-state index is 12.9. The first-order chi connectivity index (χ1) is 16.9. The summed E-state index contributed by atoms with van der Waals surface area (Å²) >= 11 is 0. The van der Waals surface area contributed by atoms with Crippen molar-refractivity contribution in [3.05, 3.63) is 88.5 Å². The van der Waals surface area contributed by atoms with Gasteiger partial charge in [0.15, 0.2) is 0 Å². The number of hydrogen-bond donors (Lipinski definition) is 1. The third-order valence-electron chi connectivity index (χ3n) is 6.47. The van der Waals surface area contributed by atoms with Crippen molar-refractivity contribution in [2.45, 2.75) is 32.8 Å². The molecule has 35 heavy (non-hydrogen) atoms. The lowest BCUT2D eigenvalue weighted by Crippen LogP contribution is -2.36. The van der Waals surface area contributed by atoms with Crippen LogP contribution in [-0.2, 0) is 4.74 Å². The van der Waals surface area contributed by atoms with Crippen LogP contribution in [-0.4, -0.2) is 41.9 Å². The number of benzene rings is 3. The second-order valence-electron chi connectivity index (χ2n) is 8.94. The zero-order chi connectivity index (χ0) is 24.5. The fraction of sp³-hybridized carbons (Fsp3) is 0.250. The number of fused-ring (bicyclic) bond motifs is 1. The predicted octanol–water partition coefficient (Wildman–Crippen LogP) is 5.12. The van der Waals surface area contributed by atoms with E-state index in [9.17, 15) is 14.4 Å². The standard InChI is InChI=1S/C28H26N2O5/c1-17-5-6-19(14-18(17)2)26(31)29-20-7-9-21(10-8-20)35-22-11-12-24-25(15-22)28(33)30(27(24)32)16-23-4-3-13-34-23/h5-12,14-15,23H,3-4,13,16H2,1-2H3,(H,29,31). The van der Waals surface area contributed by atoms with E-state index in [1.807, 2.05) is 26.0 Å². The van der Waals surface area contributed by atoms with Gasteiger partial charge in [-0.3, -0.25) is 19.3 Å². The molecule has 2 aliphatic rings. The summed E-state index contributed by atoms with van der Waals surface area (Å²) in [7, 11) is 0. The molecule has 1 atom stereocenters. The normalized spacial score (nSPS) is 17.0. The Balaban J connectivity index is 1.25. The van der Waals surface area contributed by atoms with E-state index in [4.69, 9.17) is 9.47 Å². The molecule has 5 rings (SSSR count). The summed E-state index contributed by atoms with van der Waals surface area (Å²) in [5, 5.41) is 2.88. The van der Waals surface area contributed by atoms with Crippen LogP contribution in [0.3, 0.4) is 0 Å². The predicted molar refractivity (Wildman–Crippen MR) is 131 cm³/mol. The molecule has 1 saturated heterocycles. The first-order valence-electron chi connectivity index (χ1n) is 11.7. The minimum absolute atomic E-state index is 0.0954. The Labute approximate surface area is 203 Å². The minimum atomic E-state index is -0.324. The lowest BCUT2D eigenvalue weighted by Gasteiger charge is -2.17. The fourth-order valence-electron chi connectivity index (χ4n) is 4.32. The van der Waals surface area contributed by atoms with Gasteiger partial charge in [-0.25, -0.2) is 0 Å². The van der Waals surface area contributed by atoms with E-state index in [2.05, 4.69) is 5.32 Å². The molecule has 2 heterocycles. The van der Waals surface area contributed by atoms with Crippen LogP contribution in [0.5, 0.6) is 11.5 Å². The zero-order valence-electron chi connectivity index (χ0n) is 19.7. The van der Waals surface area contributed by atoms with Crippen LogP contribution in [0.4, 0.5) is 5.69 Å². The Morgan fingerprint density at radius 2 is 1.69 bits per heavy atom. The number of nitrogens with one attached hydrogen (secondary N) is 1. The Kier molecular flexibility index (Phi) is 6.09. The first-order valence-corrected chi connectivity index (χ1v) is 11.7. The van der Waals surface area contributed by atoms with Crippen LogP contribution in [0.25, 0.3) is 0 Å². The lowest BCUT2D eigenvalue weighted by molar-refractivity contribution is 0.0475. The number of ether oxygens (including phenoxy) is 2. The van der Waals surface area contributed by atoms with E-state index < -0.39 is 0 Å². The van der Waals surface area contributed by atoms with Gasteiger partial charge in [0.05, 0.1) is 23.8 Å². The van der Waals surface area contributed by atoms with Gasteiger partial charge in [0.1, 0.15) is 11.5 Å². The second-order valence-corrected chi connectivity index (χ2v) is 8.94. The molecule has 0 saturated carbocycles. The number of carbonyl (C=O) groups is 3. The molecular formula is C28H26N2O5. The number of carbonyl (C=O) groups excluding carboxylic acids is 3. The molecule has 1 unspecified atom stereocenters. The molecule has 7 nitrogen and oxygen atoms in total. The van der Waals surface area contributed by atoms with Crippen molar-refractivity contribution in [3.8, 4) is 11.5 Å². The quantitative estimate of drug-likeness (QED) is 0.505. The summed E-state index contributed by atoms with van der Waals surface area (Å²) in [6.07, 6.45) is 1.70. The molecular weight excluding hydrogens is 444 g/mol. The van der Waals surface area contributed by atoms with Crippen LogP contribution >= 0.6 is 0 Å². The van der Waals surface area contributed by atoms with Crippen LogP contribution in [0, 0.1) is 13.8 Å². The van der Waals surface area contributed by atoms with E-state index in [1.54, 1.807) is 48.5 Å². The Morgan fingerprint density at radius 3 is 2.40 bits per heavy atom. The number of hydrogen-bond acceptors (Lipinski definition) is 5. The highest BCUT2D eigenvalue weighted by Crippen LogP contribution is 2.31. The van der Waals surface area contributed by atoms with E-state index in [0.717, 1.165) is 24.0 Å². The topological polar surface area (TPSA) is 84.9 Å². The molecule has 2 aliphatic heterocycles. The highest BCUT2D eigenvalue weighted by Gasteiger charge is 2.37. The van der Waals surface area contributed by atoms with Crippen molar-refractivity contribution in [1.82, 2.24) is 4.90 Å². The molecule has 0 radical (unpaired) electrons. The molecule has 0 aliphatic carbocycles. The number of nitrogens with zero attached hydrogens (tertiary/aromatic N) is 1. The zero-order valence-corrected chi connectivity index (χ0v) is 19.7. The molecule has 0 aromatic heterocycles. The van der Waals surface area contributed by atoms with Crippen molar-refractivity contribution < 1.29 is 23.9 Å². The van der Waals surface area contributed by atoms with Crippen molar-refractivity contribution in [2.75, 3.05) is 18.5 Å². The molecule has 0 spiro atoms. The van der Waals surface area contributed by atoms with Gasteiger partial charge in [0.25, 0.3) is 17.7 Å². The number of anilines is 1. The Hall–Kier alpha value is -3.97. The van der Waals surface area contributed by atoms with Crippen LogP contribution in [0.1, 0.15) is 55.0 Å². The number of imide groups is 1. The largest absolute Gasteiger partial charge is 0.457 e. The lowest BCUT2D eigenvalue weighted by atomic mass is 10.1. The third kappa shape index (κ3) is 4.68. The van der Waals surface area contributed by atoms with Gasteiger partial charge in [0, 0.05) is 17.9 Å². The Morgan fingerprint density at radius 1 is 0.943 bits per heavy atom. The second kappa shape index (κ2) is 9.35. The summed E-state index contributed by atoms with van der Waals surface area (Å²) in [5.41, 5.74) is 4.15. The number of amides is 3.